The van der Waals surface area contributed by atoms with Crippen molar-refractivity contribution in [3.05, 3.63) is 51.6 Å². The Morgan fingerprint density at radius 3 is 2.70 bits per heavy atom. The van der Waals surface area contributed by atoms with Crippen molar-refractivity contribution in [2.75, 3.05) is 18.5 Å². The second kappa shape index (κ2) is 9.58. The molecule has 0 aliphatic heterocycles. The van der Waals surface area contributed by atoms with Crippen LogP contribution < -0.4 is 10.1 Å². The predicted octanol–water partition coefficient (Wildman–Crippen LogP) is 4.53. The molecule has 1 aromatic carbocycles. The van der Waals surface area contributed by atoms with E-state index in [0.717, 1.165) is 0 Å². The first-order valence-electron chi connectivity index (χ1n) is 8.28. The number of anilines is 1. The number of hydrogen-bond donors (Lipinski definition) is 1. The Bertz CT molecular complexity index is 840. The summed E-state index contributed by atoms with van der Waals surface area (Å²) in [5.41, 5.74) is 0.890. The van der Waals surface area contributed by atoms with E-state index in [2.05, 4.69) is 10.3 Å². The molecule has 6 nitrogen and oxygen atoms in total. The van der Waals surface area contributed by atoms with Crippen LogP contribution in [0.4, 0.5) is 5.82 Å². The minimum absolute atomic E-state index is 0.156. The number of nitrogens with zero attached hydrogens (tertiary/aromatic N) is 1. The average molecular weight is 411 g/mol. The van der Waals surface area contributed by atoms with Gasteiger partial charge in [-0.2, -0.15) is 0 Å². The number of esters is 1. The van der Waals surface area contributed by atoms with E-state index in [1.165, 1.54) is 6.20 Å². The molecule has 1 amide bonds. The van der Waals surface area contributed by atoms with E-state index >= 15 is 0 Å². The molecular formula is C19H20Cl2N2O4. The van der Waals surface area contributed by atoms with Crippen LogP contribution in [-0.4, -0.2) is 30.1 Å². The van der Waals surface area contributed by atoms with Crippen LogP contribution in [0.1, 0.15) is 29.8 Å². The molecule has 0 unspecified atom stereocenters. The molecule has 0 radical (unpaired) electrons. The summed E-state index contributed by atoms with van der Waals surface area (Å²) < 4.78 is 10.6. The minimum atomic E-state index is -0.633. The summed E-state index contributed by atoms with van der Waals surface area (Å²) in [7, 11) is 0. The number of halogens is 2. The predicted molar refractivity (Wildman–Crippen MR) is 105 cm³/mol. The van der Waals surface area contributed by atoms with Crippen LogP contribution in [-0.2, 0) is 9.53 Å². The highest BCUT2D eigenvalue weighted by Crippen LogP contribution is 2.28. The van der Waals surface area contributed by atoms with Gasteiger partial charge in [-0.25, -0.2) is 9.78 Å². The van der Waals surface area contributed by atoms with Crippen molar-refractivity contribution in [3.8, 4) is 5.75 Å². The number of nitrogens with one attached hydrogen (secondary N) is 1. The Labute approximate surface area is 167 Å². The molecule has 0 saturated heterocycles. The summed E-state index contributed by atoms with van der Waals surface area (Å²) >= 11 is 12.0. The third-order valence-corrected chi connectivity index (χ3v) is 4.29. The third-order valence-electron chi connectivity index (χ3n) is 3.45. The lowest BCUT2D eigenvalue weighted by Gasteiger charge is -2.11. The first-order chi connectivity index (χ1) is 12.8. The molecule has 8 heteroatoms. The van der Waals surface area contributed by atoms with Crippen molar-refractivity contribution in [1.29, 1.82) is 0 Å². The molecule has 0 fully saturated rings. The monoisotopic (exact) mass is 410 g/mol. The van der Waals surface area contributed by atoms with Gasteiger partial charge in [-0.05, 0) is 36.6 Å². The highest BCUT2D eigenvalue weighted by atomic mass is 35.5. The molecule has 0 aliphatic rings. The topological polar surface area (TPSA) is 77.5 Å². The van der Waals surface area contributed by atoms with Gasteiger partial charge in [-0.15, -0.1) is 0 Å². The zero-order chi connectivity index (χ0) is 20.0. The summed E-state index contributed by atoms with van der Waals surface area (Å²) in [4.78, 5) is 28.1. The summed E-state index contributed by atoms with van der Waals surface area (Å²) in [5, 5.41) is 3.11. The minimum Gasteiger partial charge on any atom is -0.493 e. The van der Waals surface area contributed by atoms with Crippen LogP contribution in [0, 0.1) is 12.8 Å². The number of ether oxygens (including phenoxy) is 2. The number of rotatable bonds is 7. The van der Waals surface area contributed by atoms with E-state index in [9.17, 15) is 9.59 Å². The number of aromatic nitrogens is 1. The number of carbonyl (C=O) groups excluding carboxylic acids is 2. The Balaban J connectivity index is 1.92. The second-order valence-corrected chi connectivity index (χ2v) is 7.04. The van der Waals surface area contributed by atoms with Gasteiger partial charge in [0.2, 0.25) is 0 Å². The summed E-state index contributed by atoms with van der Waals surface area (Å²) in [6, 6.07) is 6.60. The molecule has 2 aromatic rings. The van der Waals surface area contributed by atoms with Gasteiger partial charge in [0.05, 0.1) is 22.2 Å². The van der Waals surface area contributed by atoms with Crippen LogP contribution in [0.2, 0.25) is 10.0 Å². The largest absolute Gasteiger partial charge is 0.493 e. The molecule has 1 heterocycles. The first kappa shape index (κ1) is 21.0. The fraction of sp³-hybridized carbons (Fsp3) is 0.316. The molecule has 27 heavy (non-hydrogen) atoms. The van der Waals surface area contributed by atoms with E-state index in [0.29, 0.717) is 34.4 Å². The normalized spacial score (nSPS) is 10.6. The number of benzene rings is 1. The maximum atomic E-state index is 12.1. The molecular weight excluding hydrogens is 391 g/mol. The molecule has 0 bridgehead atoms. The smallest absolute Gasteiger partial charge is 0.338 e. The lowest BCUT2D eigenvalue weighted by molar-refractivity contribution is -0.119. The van der Waals surface area contributed by atoms with Gasteiger partial charge >= 0.3 is 5.97 Å². The van der Waals surface area contributed by atoms with Gasteiger partial charge in [0.1, 0.15) is 5.75 Å². The molecule has 1 N–H and O–H groups in total. The van der Waals surface area contributed by atoms with Crippen molar-refractivity contribution >= 4 is 40.9 Å². The molecule has 0 saturated carbocycles. The highest BCUT2D eigenvalue weighted by Gasteiger charge is 2.14. The molecule has 0 aliphatic carbocycles. The number of carbonyl (C=O) groups is 2. The lowest BCUT2D eigenvalue weighted by Crippen LogP contribution is -2.21. The van der Waals surface area contributed by atoms with Crippen LogP contribution in [0.3, 0.4) is 0 Å². The van der Waals surface area contributed by atoms with Gasteiger partial charge in [-0.1, -0.05) is 43.1 Å². The Morgan fingerprint density at radius 1 is 1.26 bits per heavy atom. The van der Waals surface area contributed by atoms with Crippen molar-refractivity contribution < 1.29 is 19.1 Å². The summed E-state index contributed by atoms with van der Waals surface area (Å²) in [6.45, 7) is 5.82. The SMILES string of the molecule is Cc1c(Cl)cnc(NC(=O)COC(=O)c2cccc(OCC(C)C)c2)c1Cl. The Kier molecular flexibility index (Phi) is 7.45. The van der Waals surface area contributed by atoms with Crippen LogP contribution in [0.5, 0.6) is 5.75 Å². The van der Waals surface area contributed by atoms with Gasteiger partial charge in [-0.3, -0.25) is 4.79 Å². The highest BCUT2D eigenvalue weighted by molar-refractivity contribution is 6.37. The Hall–Kier alpha value is -2.31. The quantitative estimate of drug-likeness (QED) is 0.678. The first-order valence-corrected chi connectivity index (χ1v) is 9.04. The zero-order valence-corrected chi connectivity index (χ0v) is 16.7. The van der Waals surface area contributed by atoms with Gasteiger partial charge in [0.15, 0.2) is 12.4 Å². The standard InChI is InChI=1S/C19H20Cl2N2O4/c1-11(2)9-26-14-6-4-5-13(7-14)19(25)27-10-16(24)23-18-17(21)12(3)15(20)8-22-18/h4-8,11H,9-10H2,1-3H3,(H,22,23,24). The average Bonchev–Trinajstić information content (AvgIpc) is 2.65. The molecule has 2 rings (SSSR count). The molecule has 0 spiro atoms. The van der Waals surface area contributed by atoms with Crippen LogP contribution in [0.25, 0.3) is 0 Å². The maximum absolute atomic E-state index is 12.1. The van der Waals surface area contributed by atoms with E-state index in [1.807, 2.05) is 13.8 Å². The molecule has 144 valence electrons. The van der Waals surface area contributed by atoms with Crippen molar-refractivity contribution in [1.82, 2.24) is 4.98 Å². The van der Waals surface area contributed by atoms with Crippen molar-refractivity contribution in [2.24, 2.45) is 5.92 Å². The lowest BCUT2D eigenvalue weighted by atomic mass is 10.2. The fourth-order valence-corrected chi connectivity index (χ4v) is 2.39. The molecule has 1 aromatic heterocycles. The van der Waals surface area contributed by atoms with E-state index in [4.69, 9.17) is 32.7 Å². The summed E-state index contributed by atoms with van der Waals surface area (Å²) in [5.74, 6) is -0.113. The van der Waals surface area contributed by atoms with Crippen molar-refractivity contribution in [2.45, 2.75) is 20.8 Å². The number of amides is 1. The second-order valence-electron chi connectivity index (χ2n) is 6.25. The maximum Gasteiger partial charge on any atom is 0.338 e. The number of pyridine rings is 1. The van der Waals surface area contributed by atoms with Gasteiger partial charge < -0.3 is 14.8 Å². The zero-order valence-electron chi connectivity index (χ0n) is 15.2. The van der Waals surface area contributed by atoms with Crippen LogP contribution in [0.15, 0.2) is 30.5 Å². The van der Waals surface area contributed by atoms with E-state index < -0.39 is 18.5 Å². The van der Waals surface area contributed by atoms with Crippen LogP contribution >= 0.6 is 23.2 Å². The summed E-state index contributed by atoms with van der Waals surface area (Å²) in [6.07, 6.45) is 1.38. The Morgan fingerprint density at radius 2 is 2.00 bits per heavy atom. The van der Waals surface area contributed by atoms with Gasteiger partial charge in [0.25, 0.3) is 5.91 Å². The number of hydrogen-bond acceptors (Lipinski definition) is 5. The molecule has 0 atom stereocenters. The fourth-order valence-electron chi connectivity index (χ4n) is 2.00. The van der Waals surface area contributed by atoms with E-state index in [1.54, 1.807) is 31.2 Å². The van der Waals surface area contributed by atoms with E-state index in [-0.39, 0.29) is 10.8 Å². The third kappa shape index (κ3) is 6.12. The van der Waals surface area contributed by atoms with Gasteiger partial charge in [0, 0.05) is 6.20 Å². The van der Waals surface area contributed by atoms with Crippen molar-refractivity contribution in [3.63, 3.8) is 0 Å².